The molecule has 1 unspecified atom stereocenters. The smallest absolute Gasteiger partial charge is 0.387 e. The summed E-state index contributed by atoms with van der Waals surface area (Å²) in [5, 5.41) is 6.13. The fourth-order valence-corrected chi connectivity index (χ4v) is 4.49. The van der Waals surface area contributed by atoms with Crippen LogP contribution in [-0.2, 0) is 16.4 Å². The highest BCUT2D eigenvalue weighted by atomic mass is 32.2. The van der Waals surface area contributed by atoms with Crippen LogP contribution in [0.5, 0.6) is 5.75 Å². The number of aliphatic imine (C=N–C) groups is 1. The average Bonchev–Trinajstić information content (AvgIpc) is 2.72. The largest absolute Gasteiger partial charge is 0.434 e. The van der Waals surface area contributed by atoms with Crippen molar-refractivity contribution < 1.29 is 21.9 Å². The van der Waals surface area contributed by atoms with Gasteiger partial charge in [-0.2, -0.15) is 8.78 Å². The van der Waals surface area contributed by atoms with Gasteiger partial charge in [0.25, 0.3) is 0 Å². The number of hydrogen-bond donors (Lipinski definition) is 2. The second-order valence-electron chi connectivity index (χ2n) is 6.76. The molecule has 1 atom stereocenters. The first-order chi connectivity index (χ1) is 14.2. The molecule has 0 heterocycles. The Balaban J connectivity index is 2.05. The second kappa shape index (κ2) is 10.9. The Kier molecular flexibility index (Phi) is 8.58. The van der Waals surface area contributed by atoms with Crippen molar-refractivity contribution in [2.24, 2.45) is 4.99 Å². The van der Waals surface area contributed by atoms with Gasteiger partial charge in [0.05, 0.1) is 10.6 Å². The van der Waals surface area contributed by atoms with Gasteiger partial charge in [-0.15, -0.1) is 0 Å². The number of benzene rings is 2. The van der Waals surface area contributed by atoms with Gasteiger partial charge in [0.2, 0.25) is 0 Å². The third-order valence-electron chi connectivity index (χ3n) is 4.46. The first-order valence-corrected chi connectivity index (χ1v) is 11.2. The van der Waals surface area contributed by atoms with E-state index in [9.17, 15) is 17.2 Å². The lowest BCUT2D eigenvalue weighted by molar-refractivity contribution is -0.0504. The molecule has 0 aliphatic rings. The lowest BCUT2D eigenvalue weighted by Gasteiger charge is -2.21. The molecule has 0 aliphatic heterocycles. The molecule has 0 radical (unpaired) electrons. The monoisotopic (exact) mass is 439 g/mol. The predicted molar refractivity (Wildman–Crippen MR) is 114 cm³/mol. The lowest BCUT2D eigenvalue weighted by atomic mass is 10.1. The molecule has 2 N–H and O–H groups in total. The van der Waals surface area contributed by atoms with Crippen LogP contribution in [0.25, 0.3) is 0 Å². The molecular weight excluding hydrogens is 412 g/mol. The van der Waals surface area contributed by atoms with E-state index < -0.39 is 16.4 Å². The first-order valence-electron chi connectivity index (χ1n) is 9.54. The van der Waals surface area contributed by atoms with Crippen molar-refractivity contribution in [1.29, 1.82) is 0 Å². The summed E-state index contributed by atoms with van der Waals surface area (Å²) in [6, 6.07) is 12.8. The number of hydrogen-bond acceptors (Lipinski definition) is 4. The summed E-state index contributed by atoms with van der Waals surface area (Å²) in [6.07, 6.45) is 0.553. The Morgan fingerprint density at radius 2 is 1.87 bits per heavy atom. The van der Waals surface area contributed by atoms with Gasteiger partial charge in [-0.3, -0.25) is 4.99 Å². The molecule has 0 aromatic heterocycles. The van der Waals surface area contributed by atoms with Crippen LogP contribution in [0.4, 0.5) is 8.78 Å². The van der Waals surface area contributed by atoms with Crippen molar-refractivity contribution in [3.8, 4) is 5.75 Å². The number of guanidine groups is 1. The third kappa shape index (κ3) is 6.98. The topological polar surface area (TPSA) is 79.8 Å². The van der Waals surface area contributed by atoms with Gasteiger partial charge in [-0.25, -0.2) is 8.42 Å². The summed E-state index contributed by atoms with van der Waals surface area (Å²) in [7, 11) is -1.91. The standard InChI is InChI=1S/C21H27F2N3O3S/c1-4-17(14-30(27,28)18-8-6-5-7-9-18)26-21(24-3)25-13-16-12-15(2)10-11-19(16)29-20(22)23/h5-12,17,20H,4,13-14H2,1-3H3,(H2,24,25,26). The summed E-state index contributed by atoms with van der Waals surface area (Å²) in [5.74, 6) is 0.352. The summed E-state index contributed by atoms with van der Waals surface area (Å²) in [4.78, 5) is 4.38. The number of sulfone groups is 1. The summed E-state index contributed by atoms with van der Waals surface area (Å²) in [5.41, 5.74) is 1.44. The van der Waals surface area contributed by atoms with Crippen LogP contribution < -0.4 is 15.4 Å². The molecule has 164 valence electrons. The minimum atomic E-state index is -3.47. The molecule has 30 heavy (non-hydrogen) atoms. The van der Waals surface area contributed by atoms with Gasteiger partial charge in [-0.1, -0.05) is 42.8 Å². The maximum atomic E-state index is 12.6. The minimum absolute atomic E-state index is 0.0808. The molecule has 0 bridgehead atoms. The van der Waals surface area contributed by atoms with E-state index in [2.05, 4.69) is 20.4 Å². The number of ether oxygens (including phenoxy) is 1. The lowest BCUT2D eigenvalue weighted by Crippen LogP contribution is -2.45. The van der Waals surface area contributed by atoms with Crippen LogP contribution >= 0.6 is 0 Å². The van der Waals surface area contributed by atoms with Gasteiger partial charge < -0.3 is 15.4 Å². The summed E-state index contributed by atoms with van der Waals surface area (Å²) >= 11 is 0. The maximum absolute atomic E-state index is 12.6. The molecule has 6 nitrogen and oxygen atoms in total. The van der Waals surface area contributed by atoms with E-state index in [1.54, 1.807) is 49.5 Å². The molecule has 9 heteroatoms. The van der Waals surface area contributed by atoms with Crippen LogP contribution in [0, 0.1) is 6.92 Å². The van der Waals surface area contributed by atoms with E-state index in [1.165, 1.54) is 6.07 Å². The van der Waals surface area contributed by atoms with E-state index in [0.29, 0.717) is 17.9 Å². The van der Waals surface area contributed by atoms with Crippen molar-refractivity contribution >= 4 is 15.8 Å². The van der Waals surface area contributed by atoms with Gasteiger partial charge in [0, 0.05) is 25.2 Å². The van der Waals surface area contributed by atoms with E-state index >= 15 is 0 Å². The third-order valence-corrected chi connectivity index (χ3v) is 6.29. The van der Waals surface area contributed by atoms with Crippen LogP contribution in [0.1, 0.15) is 24.5 Å². The van der Waals surface area contributed by atoms with Gasteiger partial charge >= 0.3 is 6.61 Å². The average molecular weight is 440 g/mol. The minimum Gasteiger partial charge on any atom is -0.434 e. The highest BCUT2D eigenvalue weighted by Crippen LogP contribution is 2.22. The van der Waals surface area contributed by atoms with Crippen molar-refractivity contribution in [3.63, 3.8) is 0 Å². The Morgan fingerprint density at radius 3 is 2.47 bits per heavy atom. The molecule has 0 aliphatic carbocycles. The highest BCUT2D eigenvalue weighted by Gasteiger charge is 2.21. The summed E-state index contributed by atoms with van der Waals surface area (Å²) in [6.45, 7) is 0.993. The van der Waals surface area contributed by atoms with Crippen LogP contribution in [0.3, 0.4) is 0 Å². The summed E-state index contributed by atoms with van der Waals surface area (Å²) < 4.78 is 55.2. The maximum Gasteiger partial charge on any atom is 0.387 e. The fourth-order valence-electron chi connectivity index (χ4n) is 2.87. The molecule has 2 aromatic carbocycles. The van der Waals surface area contributed by atoms with E-state index in [1.807, 2.05) is 13.8 Å². The molecule has 2 aromatic rings. The normalized spacial score (nSPS) is 13.2. The van der Waals surface area contributed by atoms with Crippen LogP contribution in [0.2, 0.25) is 0 Å². The quantitative estimate of drug-likeness (QED) is 0.462. The van der Waals surface area contributed by atoms with Crippen molar-refractivity contribution in [3.05, 3.63) is 59.7 Å². The van der Waals surface area contributed by atoms with E-state index in [4.69, 9.17) is 0 Å². The zero-order valence-electron chi connectivity index (χ0n) is 17.2. The zero-order valence-corrected chi connectivity index (χ0v) is 18.0. The first kappa shape index (κ1) is 23.6. The molecule has 0 saturated carbocycles. The number of nitrogens with zero attached hydrogens (tertiary/aromatic N) is 1. The molecule has 0 spiro atoms. The van der Waals surface area contributed by atoms with Gasteiger partial charge in [0.15, 0.2) is 15.8 Å². The molecule has 0 fully saturated rings. The number of nitrogens with one attached hydrogen (secondary N) is 2. The number of rotatable bonds is 9. The second-order valence-corrected chi connectivity index (χ2v) is 8.79. The molecule has 2 rings (SSSR count). The van der Waals surface area contributed by atoms with Gasteiger partial charge in [-0.05, 0) is 31.5 Å². The SMILES string of the molecule is CCC(CS(=O)(=O)c1ccccc1)NC(=NC)NCc1cc(C)ccc1OC(F)F. The van der Waals surface area contributed by atoms with Crippen molar-refractivity contribution in [1.82, 2.24) is 10.6 Å². The predicted octanol–water partition coefficient (Wildman–Crippen LogP) is 3.51. The zero-order chi connectivity index (χ0) is 22.1. The molecule has 0 amide bonds. The Hall–Kier alpha value is -2.68. The number of aryl methyl sites for hydroxylation is 1. The number of alkyl halides is 2. The van der Waals surface area contributed by atoms with Crippen LogP contribution in [-0.4, -0.2) is 39.8 Å². The fraction of sp³-hybridized carbons (Fsp3) is 0.381. The Labute approximate surface area is 176 Å². The van der Waals surface area contributed by atoms with Crippen LogP contribution in [0.15, 0.2) is 58.4 Å². The van der Waals surface area contributed by atoms with Crippen molar-refractivity contribution in [2.45, 2.75) is 44.4 Å². The Bertz CT molecular complexity index is 951. The Morgan fingerprint density at radius 1 is 1.17 bits per heavy atom. The number of halogens is 2. The van der Waals surface area contributed by atoms with Gasteiger partial charge in [0.1, 0.15) is 5.75 Å². The van der Waals surface area contributed by atoms with E-state index in [0.717, 1.165) is 5.56 Å². The van der Waals surface area contributed by atoms with Crippen molar-refractivity contribution in [2.75, 3.05) is 12.8 Å². The highest BCUT2D eigenvalue weighted by molar-refractivity contribution is 7.91. The molecular formula is C21H27F2N3O3S. The molecule has 0 saturated heterocycles. The van der Waals surface area contributed by atoms with E-state index in [-0.39, 0.29) is 29.0 Å².